The Morgan fingerprint density at radius 1 is 1.38 bits per heavy atom. The van der Waals surface area contributed by atoms with Crippen molar-refractivity contribution in [3.05, 3.63) is 12.3 Å². The van der Waals surface area contributed by atoms with Gasteiger partial charge in [0.1, 0.15) is 0 Å². The first-order valence-electron chi connectivity index (χ1n) is 5.20. The Balaban J connectivity index is 2.21. The molecule has 1 aliphatic heterocycles. The van der Waals surface area contributed by atoms with E-state index in [0.29, 0.717) is 0 Å². The normalized spacial score (nSPS) is 17.9. The number of hydrogen-bond acceptors (Lipinski definition) is 2. The Morgan fingerprint density at radius 2 is 2.00 bits per heavy atom. The summed E-state index contributed by atoms with van der Waals surface area (Å²) in [7, 11) is 0. The second-order valence-electron chi connectivity index (χ2n) is 4.10. The predicted molar refractivity (Wildman–Crippen MR) is 62.1 cm³/mol. The van der Waals surface area contributed by atoms with Crippen molar-refractivity contribution in [2.45, 2.75) is 26.7 Å². The first-order valence-corrected chi connectivity index (χ1v) is 6.36. The fourth-order valence-electron chi connectivity index (χ4n) is 1.49. The summed E-state index contributed by atoms with van der Waals surface area (Å²) in [6.07, 6.45) is 2.46. The average molecular weight is 199 g/mol. The Bertz CT molecular complexity index is 159. The molecule has 1 saturated heterocycles. The molecule has 0 unspecified atom stereocenters. The van der Waals surface area contributed by atoms with Crippen LogP contribution in [0.3, 0.4) is 0 Å². The third-order valence-electron chi connectivity index (χ3n) is 2.47. The molecule has 1 heterocycles. The summed E-state index contributed by atoms with van der Waals surface area (Å²) in [6.45, 7) is 11.1. The van der Waals surface area contributed by atoms with Crippen LogP contribution in [0.5, 0.6) is 0 Å². The molecule has 0 aliphatic carbocycles. The maximum absolute atomic E-state index is 4.17. The van der Waals surface area contributed by atoms with E-state index in [-0.39, 0.29) is 0 Å². The van der Waals surface area contributed by atoms with E-state index in [1.807, 2.05) is 0 Å². The Labute approximate surface area is 86.6 Å². The van der Waals surface area contributed by atoms with Gasteiger partial charge in [0.05, 0.1) is 0 Å². The maximum atomic E-state index is 4.17. The SMILES string of the molecule is C=C(CCC(C)C)N1CCSCC1. The number of rotatable bonds is 4. The first kappa shape index (κ1) is 11.0. The number of nitrogens with zero attached hydrogens (tertiary/aromatic N) is 1. The van der Waals surface area contributed by atoms with Gasteiger partial charge in [-0.05, 0) is 18.8 Å². The second kappa shape index (κ2) is 5.58. The minimum absolute atomic E-state index is 0.802. The number of thioether (sulfide) groups is 1. The molecule has 1 rings (SSSR count). The van der Waals surface area contributed by atoms with Gasteiger partial charge in [-0.2, -0.15) is 11.8 Å². The van der Waals surface area contributed by atoms with E-state index in [2.05, 4.69) is 37.1 Å². The summed E-state index contributed by atoms with van der Waals surface area (Å²) in [5.41, 5.74) is 1.36. The van der Waals surface area contributed by atoms with E-state index >= 15 is 0 Å². The van der Waals surface area contributed by atoms with Crippen molar-refractivity contribution in [1.29, 1.82) is 0 Å². The molecule has 0 amide bonds. The molecule has 1 nitrogen and oxygen atoms in total. The van der Waals surface area contributed by atoms with E-state index in [4.69, 9.17) is 0 Å². The van der Waals surface area contributed by atoms with Crippen molar-refractivity contribution >= 4 is 11.8 Å². The van der Waals surface area contributed by atoms with Gasteiger partial charge in [0.2, 0.25) is 0 Å². The van der Waals surface area contributed by atoms with Crippen LogP contribution in [-0.4, -0.2) is 29.5 Å². The molecular weight excluding hydrogens is 178 g/mol. The molecule has 0 N–H and O–H groups in total. The van der Waals surface area contributed by atoms with Crippen LogP contribution in [-0.2, 0) is 0 Å². The van der Waals surface area contributed by atoms with Crippen molar-refractivity contribution in [2.24, 2.45) is 5.92 Å². The molecule has 76 valence electrons. The summed E-state index contributed by atoms with van der Waals surface area (Å²) in [4.78, 5) is 2.46. The van der Waals surface area contributed by atoms with Crippen LogP contribution in [0.2, 0.25) is 0 Å². The van der Waals surface area contributed by atoms with Gasteiger partial charge in [-0.3, -0.25) is 0 Å². The Kier molecular flexibility index (Phi) is 4.71. The van der Waals surface area contributed by atoms with E-state index in [0.717, 1.165) is 5.92 Å². The minimum atomic E-state index is 0.802. The lowest BCUT2D eigenvalue weighted by atomic mass is 10.1. The van der Waals surface area contributed by atoms with Crippen molar-refractivity contribution < 1.29 is 0 Å². The molecule has 0 radical (unpaired) electrons. The van der Waals surface area contributed by atoms with Crippen LogP contribution < -0.4 is 0 Å². The molecule has 0 saturated carbocycles. The van der Waals surface area contributed by atoms with Gasteiger partial charge < -0.3 is 4.90 Å². The summed E-state index contributed by atoms with van der Waals surface area (Å²) in [6, 6.07) is 0. The van der Waals surface area contributed by atoms with E-state index in [1.54, 1.807) is 0 Å². The third kappa shape index (κ3) is 4.08. The van der Waals surface area contributed by atoms with Crippen LogP contribution in [0.1, 0.15) is 26.7 Å². The molecule has 1 aliphatic rings. The Morgan fingerprint density at radius 3 is 2.54 bits per heavy atom. The van der Waals surface area contributed by atoms with Crippen molar-refractivity contribution in [3.8, 4) is 0 Å². The number of hydrogen-bond donors (Lipinski definition) is 0. The molecule has 0 atom stereocenters. The van der Waals surface area contributed by atoms with Gasteiger partial charge in [0.15, 0.2) is 0 Å². The number of allylic oxidation sites excluding steroid dienone is 1. The molecule has 0 bridgehead atoms. The molecular formula is C11H21NS. The topological polar surface area (TPSA) is 3.24 Å². The van der Waals surface area contributed by atoms with Gasteiger partial charge in [0.25, 0.3) is 0 Å². The van der Waals surface area contributed by atoms with Crippen molar-refractivity contribution in [3.63, 3.8) is 0 Å². The monoisotopic (exact) mass is 199 g/mol. The van der Waals surface area contributed by atoms with Gasteiger partial charge in [0, 0.05) is 30.3 Å². The van der Waals surface area contributed by atoms with Crippen LogP contribution in [0.4, 0.5) is 0 Å². The highest BCUT2D eigenvalue weighted by atomic mass is 32.2. The quantitative estimate of drug-likeness (QED) is 0.685. The molecule has 0 aromatic heterocycles. The van der Waals surface area contributed by atoms with Crippen LogP contribution in [0.15, 0.2) is 12.3 Å². The van der Waals surface area contributed by atoms with Crippen LogP contribution >= 0.6 is 11.8 Å². The molecule has 0 aromatic rings. The summed E-state index contributed by atoms with van der Waals surface area (Å²) >= 11 is 2.06. The smallest absolute Gasteiger partial charge is 0.0266 e. The van der Waals surface area contributed by atoms with Gasteiger partial charge in [-0.25, -0.2) is 0 Å². The van der Waals surface area contributed by atoms with Crippen molar-refractivity contribution in [1.82, 2.24) is 4.90 Å². The molecule has 1 fully saturated rings. The lowest BCUT2D eigenvalue weighted by molar-refractivity contribution is 0.358. The van der Waals surface area contributed by atoms with E-state index in [9.17, 15) is 0 Å². The van der Waals surface area contributed by atoms with E-state index in [1.165, 1.54) is 43.1 Å². The highest BCUT2D eigenvalue weighted by molar-refractivity contribution is 7.99. The zero-order valence-electron chi connectivity index (χ0n) is 8.88. The fraction of sp³-hybridized carbons (Fsp3) is 0.818. The third-order valence-corrected chi connectivity index (χ3v) is 3.41. The zero-order chi connectivity index (χ0) is 9.68. The highest BCUT2D eigenvalue weighted by Crippen LogP contribution is 2.18. The van der Waals surface area contributed by atoms with Crippen LogP contribution in [0, 0.1) is 5.92 Å². The van der Waals surface area contributed by atoms with Gasteiger partial charge in [-0.15, -0.1) is 0 Å². The zero-order valence-corrected chi connectivity index (χ0v) is 9.70. The van der Waals surface area contributed by atoms with Crippen molar-refractivity contribution in [2.75, 3.05) is 24.6 Å². The van der Waals surface area contributed by atoms with Gasteiger partial charge in [-0.1, -0.05) is 20.4 Å². The minimum Gasteiger partial charge on any atom is -0.374 e. The summed E-state index contributed by atoms with van der Waals surface area (Å²) in [5, 5.41) is 0. The molecule has 0 spiro atoms. The summed E-state index contributed by atoms with van der Waals surface area (Å²) < 4.78 is 0. The van der Waals surface area contributed by atoms with Crippen LogP contribution in [0.25, 0.3) is 0 Å². The standard InChI is InChI=1S/C11H21NS/c1-10(2)4-5-11(3)12-6-8-13-9-7-12/h10H,3-9H2,1-2H3. The maximum Gasteiger partial charge on any atom is 0.0266 e. The lowest BCUT2D eigenvalue weighted by Crippen LogP contribution is -2.31. The molecule has 2 heteroatoms. The average Bonchev–Trinajstić information content (AvgIpc) is 2.15. The fourth-order valence-corrected chi connectivity index (χ4v) is 2.40. The lowest BCUT2D eigenvalue weighted by Gasteiger charge is -2.30. The largest absolute Gasteiger partial charge is 0.374 e. The molecule has 0 aromatic carbocycles. The highest BCUT2D eigenvalue weighted by Gasteiger charge is 2.11. The Hall–Kier alpha value is -0.110. The van der Waals surface area contributed by atoms with Gasteiger partial charge >= 0.3 is 0 Å². The molecule has 13 heavy (non-hydrogen) atoms. The second-order valence-corrected chi connectivity index (χ2v) is 5.32. The van der Waals surface area contributed by atoms with E-state index < -0.39 is 0 Å². The first-order chi connectivity index (χ1) is 6.20. The predicted octanol–water partition coefficient (Wildman–Crippen LogP) is 2.99. The summed E-state index contributed by atoms with van der Waals surface area (Å²) in [5.74, 6) is 3.36.